The molecule has 0 spiro atoms. The van der Waals surface area contributed by atoms with Crippen LogP contribution < -0.4 is 19.7 Å². The maximum atomic E-state index is 13.9. The van der Waals surface area contributed by atoms with E-state index in [-0.39, 0.29) is 28.6 Å². The number of carbonyl (C=O) groups excluding carboxylic acids is 1. The number of aromatic amines is 1. The minimum atomic E-state index is -4.54. The molecule has 3 aliphatic heterocycles. The lowest BCUT2D eigenvalue weighted by molar-refractivity contribution is -0.384. The van der Waals surface area contributed by atoms with Crippen molar-refractivity contribution < 1.29 is 27.6 Å². The normalized spacial score (nSPS) is 18.0. The first-order valence-corrected chi connectivity index (χ1v) is 22.3. The molecule has 3 N–H and O–H groups in total. The van der Waals surface area contributed by atoms with E-state index in [1.165, 1.54) is 23.3 Å². The van der Waals surface area contributed by atoms with Crippen molar-refractivity contribution in [3.63, 3.8) is 0 Å². The van der Waals surface area contributed by atoms with Gasteiger partial charge in [-0.05, 0) is 124 Å². The molecule has 320 valence electrons. The van der Waals surface area contributed by atoms with Gasteiger partial charge in [-0.1, -0.05) is 23.7 Å². The predicted octanol–water partition coefficient (Wildman–Crippen LogP) is 7.92. The number of amides is 1. The number of nitrogens with one attached hydrogen (secondary N) is 3. The van der Waals surface area contributed by atoms with Gasteiger partial charge in [0.1, 0.15) is 17.2 Å². The first-order valence-electron chi connectivity index (χ1n) is 20.5. The highest BCUT2D eigenvalue weighted by Gasteiger charge is 2.31. The molecule has 2 saturated heterocycles. The van der Waals surface area contributed by atoms with E-state index < -0.39 is 31.4 Å². The Morgan fingerprint density at radius 1 is 0.967 bits per heavy atom. The Morgan fingerprint density at radius 2 is 1.72 bits per heavy atom. The molecule has 5 aromatic rings. The molecule has 0 atom stereocenters. The molecule has 2 fully saturated rings. The average Bonchev–Trinajstić information content (AvgIpc) is 3.71. The highest BCUT2D eigenvalue weighted by molar-refractivity contribution is 7.90. The van der Waals surface area contributed by atoms with Gasteiger partial charge >= 0.3 is 0 Å². The summed E-state index contributed by atoms with van der Waals surface area (Å²) in [6.07, 6.45) is 4.20. The molecule has 4 aromatic carbocycles. The SMILES string of the molecule is CN1CCC(Nc2ccc(S(=O)(=O)NC(=O)c3ccc(N4CCN(CC5=C(c6ccc(Cl)cc6)CC(C)(C)OC5)CC4)cc3Oc3ccc4[nH]ccc4c3)cc2[N+](=O)[O-])CC1. The van der Waals surface area contributed by atoms with Crippen molar-refractivity contribution in [2.24, 2.45) is 0 Å². The molecule has 8 rings (SSSR count). The number of nitro groups is 1. The highest BCUT2D eigenvalue weighted by Crippen LogP contribution is 2.37. The number of nitrogens with zero attached hydrogens (tertiary/aromatic N) is 4. The van der Waals surface area contributed by atoms with Crippen LogP contribution in [0.3, 0.4) is 0 Å². The number of sulfonamides is 1. The molecule has 0 aliphatic carbocycles. The van der Waals surface area contributed by atoms with E-state index in [0.29, 0.717) is 30.5 Å². The van der Waals surface area contributed by atoms with Crippen LogP contribution in [0, 0.1) is 10.1 Å². The van der Waals surface area contributed by atoms with Gasteiger partial charge in [0, 0.05) is 85.1 Å². The van der Waals surface area contributed by atoms with Crippen LogP contribution in [0.1, 0.15) is 49.0 Å². The summed E-state index contributed by atoms with van der Waals surface area (Å²) >= 11 is 6.22. The van der Waals surface area contributed by atoms with Gasteiger partial charge in [-0.2, -0.15) is 0 Å². The standard InChI is InChI=1S/C45H50ClN7O7S/c1-45(2)27-39(30-4-6-33(46)7-5-30)32(29-59-45)28-51-20-22-52(23-21-51)35-8-11-38(43(25-35)60-36-9-12-40-31(24-36)14-17-47-40)44(54)49-61(57,58)37-10-13-41(42(26-37)53(55)56)48-34-15-18-50(3)19-16-34/h4-14,17,24-26,34,47-48H,15-16,18-23,27-29H2,1-3H3,(H,49,54). The quantitative estimate of drug-likeness (QED) is 0.0825. The third kappa shape index (κ3) is 9.87. The third-order valence-electron chi connectivity index (χ3n) is 11.8. The minimum absolute atomic E-state index is 0.0105. The van der Waals surface area contributed by atoms with Crippen molar-refractivity contribution in [3.05, 3.63) is 123 Å². The van der Waals surface area contributed by atoms with E-state index in [4.69, 9.17) is 21.1 Å². The summed E-state index contributed by atoms with van der Waals surface area (Å²) in [7, 11) is -2.52. The number of hydrogen-bond donors (Lipinski definition) is 3. The number of halogens is 1. The van der Waals surface area contributed by atoms with E-state index in [9.17, 15) is 23.3 Å². The Labute approximate surface area is 360 Å². The molecule has 3 aliphatic rings. The van der Waals surface area contributed by atoms with Gasteiger partial charge in [0.05, 0.1) is 27.6 Å². The number of fused-ring (bicyclic) bond motifs is 1. The molecule has 16 heteroatoms. The first kappa shape index (κ1) is 42.2. The monoisotopic (exact) mass is 867 g/mol. The Morgan fingerprint density at radius 3 is 2.46 bits per heavy atom. The fourth-order valence-corrected chi connectivity index (χ4v) is 9.38. The van der Waals surface area contributed by atoms with Crippen molar-refractivity contribution in [2.45, 2.75) is 49.6 Å². The van der Waals surface area contributed by atoms with Gasteiger partial charge in [0.15, 0.2) is 0 Å². The number of nitro benzene ring substituents is 1. The van der Waals surface area contributed by atoms with Crippen LogP contribution in [0.15, 0.2) is 102 Å². The second-order valence-electron chi connectivity index (χ2n) is 16.7. The molecule has 4 heterocycles. The summed E-state index contributed by atoms with van der Waals surface area (Å²) in [5.41, 5.74) is 4.97. The number of rotatable bonds is 12. The Hall–Kier alpha value is -5.45. The summed E-state index contributed by atoms with van der Waals surface area (Å²) in [5.74, 6) is -0.323. The Balaban J connectivity index is 1.01. The number of benzene rings is 4. The second kappa shape index (κ2) is 17.5. The number of carbonyl (C=O) groups is 1. The topological polar surface area (TPSA) is 162 Å². The van der Waals surface area contributed by atoms with Crippen LogP contribution in [0.5, 0.6) is 11.5 Å². The zero-order valence-corrected chi connectivity index (χ0v) is 36.0. The van der Waals surface area contributed by atoms with E-state index in [1.54, 1.807) is 24.3 Å². The van der Waals surface area contributed by atoms with Gasteiger partial charge in [-0.3, -0.25) is 19.8 Å². The maximum absolute atomic E-state index is 13.9. The number of ether oxygens (including phenoxy) is 2. The van der Waals surface area contributed by atoms with Crippen molar-refractivity contribution in [2.75, 3.05) is 69.7 Å². The maximum Gasteiger partial charge on any atom is 0.293 e. The molecule has 0 radical (unpaired) electrons. The smallest absolute Gasteiger partial charge is 0.293 e. The molecule has 0 saturated carbocycles. The van der Waals surface area contributed by atoms with Crippen LogP contribution >= 0.6 is 11.6 Å². The summed E-state index contributed by atoms with van der Waals surface area (Å²) in [6.45, 7) is 10.2. The van der Waals surface area contributed by atoms with Crippen LogP contribution in [-0.2, 0) is 14.8 Å². The molecule has 1 amide bonds. The predicted molar refractivity (Wildman–Crippen MR) is 238 cm³/mol. The van der Waals surface area contributed by atoms with Crippen LogP contribution in [0.25, 0.3) is 16.5 Å². The van der Waals surface area contributed by atoms with Gasteiger partial charge in [0.2, 0.25) is 0 Å². The summed E-state index contributed by atoms with van der Waals surface area (Å²) in [5, 5.41) is 16.9. The van der Waals surface area contributed by atoms with E-state index >= 15 is 0 Å². The fraction of sp³-hybridized carbons (Fsp3) is 0.356. The molecular weight excluding hydrogens is 818 g/mol. The summed E-state index contributed by atoms with van der Waals surface area (Å²) in [4.78, 5) is 35.0. The lowest BCUT2D eigenvalue weighted by Crippen LogP contribution is -2.47. The van der Waals surface area contributed by atoms with Gasteiger partial charge in [-0.15, -0.1) is 0 Å². The zero-order valence-electron chi connectivity index (χ0n) is 34.4. The minimum Gasteiger partial charge on any atom is -0.456 e. The zero-order chi connectivity index (χ0) is 42.9. The van der Waals surface area contributed by atoms with Crippen molar-refractivity contribution in [1.82, 2.24) is 19.5 Å². The lowest BCUT2D eigenvalue weighted by atomic mass is 9.87. The second-order valence-corrected chi connectivity index (χ2v) is 18.8. The van der Waals surface area contributed by atoms with Gasteiger partial charge < -0.3 is 29.6 Å². The summed E-state index contributed by atoms with van der Waals surface area (Å²) < 4.78 is 42.2. The van der Waals surface area contributed by atoms with Crippen molar-refractivity contribution in [3.8, 4) is 11.5 Å². The number of aromatic nitrogens is 1. The van der Waals surface area contributed by atoms with E-state index in [1.807, 2.05) is 43.6 Å². The number of anilines is 2. The largest absolute Gasteiger partial charge is 0.456 e. The number of hydrogen-bond acceptors (Lipinski definition) is 11. The lowest BCUT2D eigenvalue weighted by Gasteiger charge is -2.39. The molecule has 0 unspecified atom stereocenters. The average molecular weight is 868 g/mol. The van der Waals surface area contributed by atoms with E-state index in [2.05, 4.69) is 55.7 Å². The number of piperidine rings is 1. The molecule has 1 aromatic heterocycles. The first-order chi connectivity index (χ1) is 29.2. The number of piperazine rings is 1. The molecule has 14 nitrogen and oxygen atoms in total. The van der Waals surface area contributed by atoms with Crippen LogP contribution in [0.2, 0.25) is 5.02 Å². The van der Waals surface area contributed by atoms with Crippen molar-refractivity contribution in [1.29, 1.82) is 0 Å². The Bertz CT molecular complexity index is 2580. The van der Waals surface area contributed by atoms with Crippen LogP contribution in [-0.4, -0.2) is 105 Å². The molecule has 0 bridgehead atoms. The number of likely N-dealkylation sites (tertiary alicyclic amines) is 1. The van der Waals surface area contributed by atoms with Crippen LogP contribution in [0.4, 0.5) is 17.1 Å². The Kier molecular flexibility index (Phi) is 12.1. The van der Waals surface area contributed by atoms with Gasteiger partial charge in [0.25, 0.3) is 21.6 Å². The number of H-pyrrole nitrogens is 1. The van der Waals surface area contributed by atoms with E-state index in [0.717, 1.165) is 80.2 Å². The molecular formula is C45H50ClN7O7S. The van der Waals surface area contributed by atoms with Crippen molar-refractivity contribution >= 4 is 61.1 Å². The summed E-state index contributed by atoms with van der Waals surface area (Å²) in [6, 6.07) is 24.1. The van der Waals surface area contributed by atoms with Gasteiger partial charge in [-0.25, -0.2) is 13.1 Å². The molecule has 61 heavy (non-hydrogen) atoms. The highest BCUT2D eigenvalue weighted by atomic mass is 35.5. The fourth-order valence-electron chi connectivity index (χ4n) is 8.27. The third-order valence-corrected chi connectivity index (χ3v) is 13.3.